The molecule has 0 unspecified atom stereocenters. The van der Waals surface area contributed by atoms with Crippen molar-refractivity contribution in [3.8, 4) is 0 Å². The van der Waals surface area contributed by atoms with Crippen molar-refractivity contribution in [2.75, 3.05) is 23.3 Å². The normalized spacial score (nSPS) is 15.3. The van der Waals surface area contributed by atoms with E-state index in [-0.39, 0.29) is 0 Å². The van der Waals surface area contributed by atoms with Gasteiger partial charge in [0.25, 0.3) is 0 Å². The second-order valence-electron chi connectivity index (χ2n) is 6.18. The molecule has 3 rings (SSSR count). The van der Waals surface area contributed by atoms with E-state index in [0.29, 0.717) is 11.0 Å². The summed E-state index contributed by atoms with van der Waals surface area (Å²) in [5.74, 6) is 1.65. The van der Waals surface area contributed by atoms with Gasteiger partial charge in [0.2, 0.25) is 5.95 Å². The van der Waals surface area contributed by atoms with E-state index in [1.165, 1.54) is 25.7 Å². The zero-order chi connectivity index (χ0) is 16.2. The summed E-state index contributed by atoms with van der Waals surface area (Å²) in [6.45, 7) is 6.21. The molecule has 0 bridgehead atoms. The van der Waals surface area contributed by atoms with Gasteiger partial charge in [0.1, 0.15) is 5.82 Å². The van der Waals surface area contributed by atoms with E-state index in [1.807, 2.05) is 32.0 Å². The van der Waals surface area contributed by atoms with E-state index < -0.39 is 0 Å². The molecule has 0 atom stereocenters. The van der Waals surface area contributed by atoms with Crippen LogP contribution >= 0.6 is 11.6 Å². The Hall–Kier alpha value is -1.81. The van der Waals surface area contributed by atoms with Crippen molar-refractivity contribution in [1.29, 1.82) is 0 Å². The van der Waals surface area contributed by atoms with Gasteiger partial charge in [0.05, 0.1) is 0 Å². The number of rotatable bonds is 3. The molecular formula is C18H23ClN4. The van der Waals surface area contributed by atoms with Gasteiger partial charge < -0.3 is 10.2 Å². The zero-order valence-electron chi connectivity index (χ0n) is 13.8. The third-order valence-corrected chi connectivity index (χ3v) is 4.45. The smallest absolute Gasteiger partial charge is 0.229 e. The maximum atomic E-state index is 6.10. The van der Waals surface area contributed by atoms with E-state index in [1.54, 1.807) is 0 Å². The third-order valence-electron chi connectivity index (χ3n) is 4.22. The molecule has 1 aromatic carbocycles. The van der Waals surface area contributed by atoms with Gasteiger partial charge in [0, 0.05) is 35.6 Å². The lowest BCUT2D eigenvalue weighted by Gasteiger charge is -2.22. The van der Waals surface area contributed by atoms with Gasteiger partial charge in [0.15, 0.2) is 0 Å². The van der Waals surface area contributed by atoms with Gasteiger partial charge >= 0.3 is 0 Å². The van der Waals surface area contributed by atoms with E-state index in [0.717, 1.165) is 35.9 Å². The van der Waals surface area contributed by atoms with Crippen LogP contribution in [0, 0.1) is 13.8 Å². The second-order valence-corrected chi connectivity index (χ2v) is 6.61. The molecule has 0 spiro atoms. The highest BCUT2D eigenvalue weighted by Gasteiger charge is 2.13. The lowest BCUT2D eigenvalue weighted by Crippen LogP contribution is -2.25. The molecule has 0 radical (unpaired) electrons. The predicted molar refractivity (Wildman–Crippen MR) is 96.9 cm³/mol. The Morgan fingerprint density at radius 3 is 2.48 bits per heavy atom. The first kappa shape index (κ1) is 16.1. The number of aryl methyl sites for hydroxylation is 2. The fourth-order valence-corrected chi connectivity index (χ4v) is 3.09. The van der Waals surface area contributed by atoms with Crippen LogP contribution in [0.5, 0.6) is 0 Å². The molecule has 1 fully saturated rings. The molecule has 0 aliphatic carbocycles. The maximum absolute atomic E-state index is 6.10. The summed E-state index contributed by atoms with van der Waals surface area (Å²) in [5, 5.41) is 4.02. The number of benzene rings is 1. The molecular weight excluding hydrogens is 308 g/mol. The number of hydrogen-bond acceptors (Lipinski definition) is 4. The summed E-state index contributed by atoms with van der Waals surface area (Å²) in [4.78, 5) is 11.6. The van der Waals surface area contributed by atoms with Crippen LogP contribution < -0.4 is 10.2 Å². The molecule has 4 nitrogen and oxygen atoms in total. The summed E-state index contributed by atoms with van der Waals surface area (Å²) < 4.78 is 0. The Morgan fingerprint density at radius 2 is 1.74 bits per heavy atom. The number of hydrogen-bond donors (Lipinski definition) is 1. The van der Waals surface area contributed by atoms with Crippen LogP contribution in [-0.4, -0.2) is 23.1 Å². The standard InChI is InChI=1S/C18H23ClN4/c1-13-7-8-15(19)12-16(13)21-18-20-14(2)11-17(22-18)23-9-5-3-4-6-10-23/h7-8,11-12H,3-6,9-10H2,1-2H3,(H,20,21,22). The Bertz CT molecular complexity index is 679. The van der Waals surface area contributed by atoms with Crippen LogP contribution in [0.2, 0.25) is 5.02 Å². The van der Waals surface area contributed by atoms with Crippen LogP contribution in [0.15, 0.2) is 24.3 Å². The van der Waals surface area contributed by atoms with Crippen molar-refractivity contribution >= 4 is 29.1 Å². The van der Waals surface area contributed by atoms with Crippen LogP contribution in [0.4, 0.5) is 17.5 Å². The number of aromatic nitrogens is 2. The topological polar surface area (TPSA) is 41.1 Å². The first-order valence-corrected chi connectivity index (χ1v) is 8.63. The highest BCUT2D eigenvalue weighted by Crippen LogP contribution is 2.25. The quantitative estimate of drug-likeness (QED) is 0.871. The summed E-state index contributed by atoms with van der Waals surface area (Å²) in [5.41, 5.74) is 3.04. The minimum atomic E-state index is 0.634. The van der Waals surface area contributed by atoms with Crippen molar-refractivity contribution < 1.29 is 0 Å². The fraction of sp³-hybridized carbons (Fsp3) is 0.444. The van der Waals surface area contributed by atoms with Gasteiger partial charge in [-0.3, -0.25) is 0 Å². The first-order chi connectivity index (χ1) is 11.1. The summed E-state index contributed by atoms with van der Waals surface area (Å²) >= 11 is 6.10. The summed E-state index contributed by atoms with van der Waals surface area (Å²) in [6.07, 6.45) is 5.10. The van der Waals surface area contributed by atoms with Crippen molar-refractivity contribution in [3.63, 3.8) is 0 Å². The molecule has 1 aromatic heterocycles. The van der Waals surface area contributed by atoms with Gasteiger partial charge in [-0.25, -0.2) is 4.98 Å². The van der Waals surface area contributed by atoms with Crippen LogP contribution in [0.1, 0.15) is 36.9 Å². The fourth-order valence-electron chi connectivity index (χ4n) is 2.92. The molecule has 1 aliphatic rings. The van der Waals surface area contributed by atoms with E-state index >= 15 is 0 Å². The van der Waals surface area contributed by atoms with E-state index in [2.05, 4.69) is 21.3 Å². The van der Waals surface area contributed by atoms with Gasteiger partial charge in [-0.15, -0.1) is 0 Å². The lowest BCUT2D eigenvalue weighted by molar-refractivity contribution is 0.726. The predicted octanol–water partition coefficient (Wildman–Crippen LogP) is 4.87. The number of anilines is 3. The van der Waals surface area contributed by atoms with Gasteiger partial charge in [-0.05, 0) is 44.4 Å². The van der Waals surface area contributed by atoms with Crippen molar-refractivity contribution in [1.82, 2.24) is 9.97 Å². The average molecular weight is 331 g/mol. The number of nitrogens with zero attached hydrogens (tertiary/aromatic N) is 3. The Balaban J connectivity index is 1.86. The molecule has 0 amide bonds. The molecule has 1 N–H and O–H groups in total. The molecule has 122 valence electrons. The first-order valence-electron chi connectivity index (χ1n) is 8.25. The molecule has 1 saturated heterocycles. The third kappa shape index (κ3) is 4.14. The molecule has 1 aliphatic heterocycles. The van der Waals surface area contributed by atoms with Gasteiger partial charge in [-0.2, -0.15) is 4.98 Å². The van der Waals surface area contributed by atoms with Crippen molar-refractivity contribution in [3.05, 3.63) is 40.5 Å². The van der Waals surface area contributed by atoms with Gasteiger partial charge in [-0.1, -0.05) is 30.5 Å². The monoisotopic (exact) mass is 330 g/mol. The molecule has 2 aromatic rings. The van der Waals surface area contributed by atoms with Crippen LogP contribution in [-0.2, 0) is 0 Å². The van der Waals surface area contributed by atoms with Crippen LogP contribution in [0.25, 0.3) is 0 Å². The Morgan fingerprint density at radius 1 is 1.00 bits per heavy atom. The second kappa shape index (κ2) is 7.18. The SMILES string of the molecule is Cc1cc(N2CCCCCC2)nc(Nc2cc(Cl)ccc2C)n1. The number of nitrogens with one attached hydrogen (secondary N) is 1. The highest BCUT2D eigenvalue weighted by atomic mass is 35.5. The number of halogens is 1. The van der Waals surface area contributed by atoms with Crippen molar-refractivity contribution in [2.24, 2.45) is 0 Å². The summed E-state index contributed by atoms with van der Waals surface area (Å²) in [6, 6.07) is 7.87. The van der Waals surface area contributed by atoms with Crippen LogP contribution in [0.3, 0.4) is 0 Å². The lowest BCUT2D eigenvalue weighted by atomic mass is 10.2. The molecule has 0 saturated carbocycles. The van der Waals surface area contributed by atoms with E-state index in [9.17, 15) is 0 Å². The maximum Gasteiger partial charge on any atom is 0.229 e. The minimum Gasteiger partial charge on any atom is -0.356 e. The average Bonchev–Trinajstić information content (AvgIpc) is 2.79. The molecule has 23 heavy (non-hydrogen) atoms. The Labute approximate surface area is 142 Å². The molecule has 5 heteroatoms. The van der Waals surface area contributed by atoms with E-state index in [4.69, 9.17) is 16.6 Å². The zero-order valence-corrected chi connectivity index (χ0v) is 14.5. The Kier molecular flexibility index (Phi) is 5.01. The largest absolute Gasteiger partial charge is 0.356 e. The summed E-state index contributed by atoms with van der Waals surface area (Å²) in [7, 11) is 0. The minimum absolute atomic E-state index is 0.634. The van der Waals surface area contributed by atoms with Crippen molar-refractivity contribution in [2.45, 2.75) is 39.5 Å². The highest BCUT2D eigenvalue weighted by molar-refractivity contribution is 6.30. The molecule has 2 heterocycles.